The maximum atomic E-state index is 13.5. The van der Waals surface area contributed by atoms with Crippen LogP contribution in [0.5, 0.6) is 5.88 Å². The van der Waals surface area contributed by atoms with Crippen molar-refractivity contribution in [1.82, 2.24) is 24.9 Å². The van der Waals surface area contributed by atoms with Gasteiger partial charge in [-0.3, -0.25) is 4.79 Å². The lowest BCUT2D eigenvalue weighted by atomic mass is 9.93. The highest BCUT2D eigenvalue weighted by molar-refractivity contribution is 5.98. The molecule has 1 saturated heterocycles. The molecule has 0 bridgehead atoms. The Morgan fingerprint density at radius 3 is 2.72 bits per heavy atom. The van der Waals surface area contributed by atoms with Gasteiger partial charge in [0, 0.05) is 30.8 Å². The number of piperidine rings is 1. The number of aromatic nitrogens is 4. The molecule has 29 heavy (non-hydrogen) atoms. The van der Waals surface area contributed by atoms with Gasteiger partial charge in [0.05, 0.1) is 30.3 Å². The van der Waals surface area contributed by atoms with Gasteiger partial charge in [0.15, 0.2) is 0 Å². The summed E-state index contributed by atoms with van der Waals surface area (Å²) in [4.78, 5) is 21.2. The molecular weight excluding hydrogens is 366 g/mol. The predicted octanol–water partition coefficient (Wildman–Crippen LogP) is 3.29. The number of amides is 1. The smallest absolute Gasteiger partial charge is 0.256 e. The van der Waals surface area contributed by atoms with Gasteiger partial charge >= 0.3 is 0 Å². The predicted molar refractivity (Wildman–Crippen MR) is 109 cm³/mol. The number of aryl methyl sites for hydroxylation is 1. The number of hydrogen-bond acceptors (Lipinski definition) is 5. The average Bonchev–Trinajstić information content (AvgIpc) is 3.28. The van der Waals surface area contributed by atoms with Crippen LogP contribution >= 0.6 is 0 Å². The normalized spacial score (nSPS) is 19.2. The number of carbonyl (C=O) groups excluding carboxylic acids is 1. The monoisotopic (exact) mass is 391 g/mol. The van der Waals surface area contributed by atoms with Crippen LogP contribution in [0, 0.1) is 12.8 Å². The first-order valence-corrected chi connectivity index (χ1v) is 9.94. The van der Waals surface area contributed by atoms with E-state index in [1.807, 2.05) is 48.2 Å². The topological polar surface area (TPSA) is 73.1 Å². The van der Waals surface area contributed by atoms with Crippen molar-refractivity contribution in [2.75, 3.05) is 13.2 Å². The highest BCUT2D eigenvalue weighted by atomic mass is 16.5. The van der Waals surface area contributed by atoms with Gasteiger partial charge in [0.1, 0.15) is 0 Å². The Labute approximate surface area is 170 Å². The zero-order chi connectivity index (χ0) is 20.2. The van der Waals surface area contributed by atoms with Crippen molar-refractivity contribution >= 4 is 5.91 Å². The highest BCUT2D eigenvalue weighted by Crippen LogP contribution is 2.26. The standard InChI is InChI=1S/C22H25N5O2/c1-16-6-9-20(27-24-11-12-25-27)19(13-16)22(28)26-14-18(8-7-17(26)2)15-29-21-5-3-4-10-23-21/h3-6,9-13,17-18H,7-8,14-15H2,1-2H3/t17-,18-/m1/s1. The third-order valence-corrected chi connectivity index (χ3v) is 5.36. The van der Waals surface area contributed by atoms with Crippen LogP contribution in [-0.2, 0) is 0 Å². The number of ether oxygens (including phenoxy) is 1. The van der Waals surface area contributed by atoms with Crippen molar-refractivity contribution in [3.8, 4) is 11.6 Å². The Morgan fingerprint density at radius 2 is 1.97 bits per heavy atom. The van der Waals surface area contributed by atoms with Crippen LogP contribution in [0.15, 0.2) is 55.0 Å². The van der Waals surface area contributed by atoms with E-state index in [1.165, 1.54) is 4.80 Å². The molecule has 1 fully saturated rings. The Bertz CT molecular complexity index is 959. The maximum absolute atomic E-state index is 13.5. The Hall–Kier alpha value is -3.22. The number of nitrogens with zero attached hydrogens (tertiary/aromatic N) is 5. The van der Waals surface area contributed by atoms with Crippen LogP contribution in [0.4, 0.5) is 0 Å². The van der Waals surface area contributed by atoms with E-state index in [0.717, 1.165) is 18.4 Å². The summed E-state index contributed by atoms with van der Waals surface area (Å²) in [6.45, 7) is 5.30. The van der Waals surface area contributed by atoms with Crippen LogP contribution in [-0.4, -0.2) is 50.0 Å². The van der Waals surface area contributed by atoms with Gasteiger partial charge in [-0.15, -0.1) is 0 Å². The molecule has 4 rings (SSSR count). The molecule has 0 N–H and O–H groups in total. The molecule has 7 nitrogen and oxygen atoms in total. The summed E-state index contributed by atoms with van der Waals surface area (Å²) in [6, 6.07) is 11.6. The lowest BCUT2D eigenvalue weighted by Crippen LogP contribution is -2.47. The molecule has 1 amide bonds. The molecule has 0 saturated carbocycles. The highest BCUT2D eigenvalue weighted by Gasteiger charge is 2.31. The minimum atomic E-state index is 0.0102. The summed E-state index contributed by atoms with van der Waals surface area (Å²) < 4.78 is 5.84. The van der Waals surface area contributed by atoms with E-state index in [4.69, 9.17) is 4.74 Å². The van der Waals surface area contributed by atoms with Gasteiger partial charge in [-0.2, -0.15) is 15.0 Å². The van der Waals surface area contributed by atoms with E-state index in [2.05, 4.69) is 22.1 Å². The molecule has 1 aliphatic heterocycles. The number of pyridine rings is 1. The number of carbonyl (C=O) groups is 1. The van der Waals surface area contributed by atoms with Gasteiger partial charge in [-0.1, -0.05) is 17.7 Å². The zero-order valence-electron chi connectivity index (χ0n) is 16.7. The summed E-state index contributed by atoms with van der Waals surface area (Å²) in [5, 5.41) is 8.42. The molecule has 0 spiro atoms. The fraction of sp³-hybridized carbons (Fsp3) is 0.364. The SMILES string of the molecule is Cc1ccc(-n2nccn2)c(C(=O)N2C[C@H](COc3ccccn3)CC[C@H]2C)c1. The van der Waals surface area contributed by atoms with Gasteiger partial charge in [0.2, 0.25) is 5.88 Å². The Morgan fingerprint density at radius 1 is 1.14 bits per heavy atom. The van der Waals surface area contributed by atoms with E-state index in [1.54, 1.807) is 18.6 Å². The molecule has 150 valence electrons. The van der Waals surface area contributed by atoms with E-state index in [9.17, 15) is 4.79 Å². The van der Waals surface area contributed by atoms with Gasteiger partial charge in [-0.25, -0.2) is 4.98 Å². The summed E-state index contributed by atoms with van der Waals surface area (Å²) >= 11 is 0. The van der Waals surface area contributed by atoms with Crippen molar-refractivity contribution in [1.29, 1.82) is 0 Å². The second-order valence-electron chi connectivity index (χ2n) is 7.57. The minimum Gasteiger partial charge on any atom is -0.477 e. The summed E-state index contributed by atoms with van der Waals surface area (Å²) in [5.41, 5.74) is 2.35. The van der Waals surface area contributed by atoms with Gasteiger partial charge < -0.3 is 9.64 Å². The minimum absolute atomic E-state index is 0.0102. The Kier molecular flexibility index (Phi) is 5.55. The zero-order valence-corrected chi connectivity index (χ0v) is 16.7. The third kappa shape index (κ3) is 4.29. The molecule has 1 aliphatic rings. The number of likely N-dealkylation sites (tertiary alicyclic amines) is 1. The molecule has 0 radical (unpaired) electrons. The lowest BCUT2D eigenvalue weighted by molar-refractivity contribution is 0.0502. The molecule has 2 aromatic heterocycles. The summed E-state index contributed by atoms with van der Waals surface area (Å²) in [6.07, 6.45) is 6.92. The van der Waals surface area contributed by atoms with E-state index < -0.39 is 0 Å². The van der Waals surface area contributed by atoms with E-state index in [-0.39, 0.29) is 17.9 Å². The molecule has 0 aliphatic carbocycles. The van der Waals surface area contributed by atoms with Crippen LogP contribution in [0.3, 0.4) is 0 Å². The first kappa shape index (κ1) is 19.1. The van der Waals surface area contributed by atoms with Crippen molar-refractivity contribution in [2.45, 2.75) is 32.7 Å². The Balaban J connectivity index is 1.52. The fourth-order valence-corrected chi connectivity index (χ4v) is 3.73. The lowest BCUT2D eigenvalue weighted by Gasteiger charge is -2.38. The van der Waals surface area contributed by atoms with Crippen LogP contribution in [0.25, 0.3) is 5.69 Å². The second kappa shape index (κ2) is 8.43. The molecule has 3 heterocycles. The first-order chi connectivity index (χ1) is 14.1. The second-order valence-corrected chi connectivity index (χ2v) is 7.57. The van der Waals surface area contributed by atoms with Crippen LogP contribution in [0.2, 0.25) is 0 Å². The number of rotatable bonds is 5. The molecule has 3 aromatic rings. The van der Waals surface area contributed by atoms with Crippen molar-refractivity contribution in [2.24, 2.45) is 5.92 Å². The number of benzene rings is 1. The summed E-state index contributed by atoms with van der Waals surface area (Å²) in [5.74, 6) is 0.902. The van der Waals surface area contributed by atoms with Crippen LogP contribution in [0.1, 0.15) is 35.7 Å². The first-order valence-electron chi connectivity index (χ1n) is 9.94. The largest absolute Gasteiger partial charge is 0.477 e. The average molecular weight is 391 g/mol. The molecule has 1 aromatic carbocycles. The summed E-state index contributed by atoms with van der Waals surface area (Å²) in [7, 11) is 0. The van der Waals surface area contributed by atoms with Crippen LogP contribution < -0.4 is 4.74 Å². The molecule has 0 unspecified atom stereocenters. The quantitative estimate of drug-likeness (QED) is 0.667. The molecule has 7 heteroatoms. The van der Waals surface area contributed by atoms with Crippen molar-refractivity contribution in [3.63, 3.8) is 0 Å². The maximum Gasteiger partial charge on any atom is 0.256 e. The van der Waals surface area contributed by atoms with E-state index in [0.29, 0.717) is 30.3 Å². The van der Waals surface area contributed by atoms with E-state index >= 15 is 0 Å². The number of hydrogen-bond donors (Lipinski definition) is 0. The van der Waals surface area contributed by atoms with Gasteiger partial charge in [-0.05, 0) is 44.9 Å². The van der Waals surface area contributed by atoms with Crippen molar-refractivity contribution < 1.29 is 9.53 Å². The molecule has 2 atom stereocenters. The fourth-order valence-electron chi connectivity index (χ4n) is 3.73. The van der Waals surface area contributed by atoms with Gasteiger partial charge in [0.25, 0.3) is 5.91 Å². The molecular formula is C22H25N5O2. The third-order valence-electron chi connectivity index (χ3n) is 5.36. The van der Waals surface area contributed by atoms with Crippen molar-refractivity contribution in [3.05, 3.63) is 66.1 Å².